The van der Waals surface area contributed by atoms with Gasteiger partial charge in [-0.1, -0.05) is 54.2 Å². The first kappa shape index (κ1) is 24.8. The number of aromatic nitrogens is 3. The summed E-state index contributed by atoms with van der Waals surface area (Å²) in [6.45, 7) is 6.53. The van der Waals surface area contributed by atoms with Crippen LogP contribution >= 0.6 is 11.8 Å². The number of phenolic OH excluding ortho intramolecular Hbond substituents is 2. The predicted octanol–water partition coefficient (Wildman–Crippen LogP) is 4.27. The number of carbonyl (C=O) groups is 1. The SMILES string of the molecule is C=CCn1c(CNc2cccc3ccccc23)nnc1S[C@H](C)C(=O)NN=Cc1ccc(O)cc1O. The molecule has 10 heteroatoms. The Morgan fingerprint density at radius 3 is 2.78 bits per heavy atom. The summed E-state index contributed by atoms with van der Waals surface area (Å²) in [6.07, 6.45) is 3.06. The van der Waals surface area contributed by atoms with Crippen molar-refractivity contribution in [3.8, 4) is 11.5 Å². The van der Waals surface area contributed by atoms with Crippen LogP contribution in [0.4, 0.5) is 5.69 Å². The molecule has 9 nitrogen and oxygen atoms in total. The Labute approximate surface area is 212 Å². The Hall–Kier alpha value is -4.31. The van der Waals surface area contributed by atoms with E-state index in [2.05, 4.69) is 50.8 Å². The monoisotopic (exact) mass is 502 g/mol. The smallest absolute Gasteiger partial charge is 0.253 e. The highest BCUT2D eigenvalue weighted by molar-refractivity contribution is 8.00. The second kappa shape index (κ2) is 11.4. The van der Waals surface area contributed by atoms with Crippen molar-refractivity contribution < 1.29 is 15.0 Å². The Balaban J connectivity index is 1.41. The molecule has 0 aliphatic rings. The molecule has 0 saturated heterocycles. The Bertz CT molecular complexity index is 1410. The van der Waals surface area contributed by atoms with E-state index in [4.69, 9.17) is 0 Å². The number of rotatable bonds is 10. The molecule has 0 fully saturated rings. The van der Waals surface area contributed by atoms with Crippen molar-refractivity contribution in [1.82, 2.24) is 20.2 Å². The van der Waals surface area contributed by atoms with Crippen molar-refractivity contribution in [2.24, 2.45) is 5.10 Å². The van der Waals surface area contributed by atoms with Gasteiger partial charge in [0.15, 0.2) is 11.0 Å². The number of phenols is 2. The average Bonchev–Trinajstić information content (AvgIpc) is 3.25. The van der Waals surface area contributed by atoms with E-state index in [-0.39, 0.29) is 17.4 Å². The highest BCUT2D eigenvalue weighted by Gasteiger charge is 2.20. The molecule has 1 aromatic heterocycles. The minimum absolute atomic E-state index is 0.0611. The molecule has 0 radical (unpaired) electrons. The van der Waals surface area contributed by atoms with Crippen LogP contribution in [0.2, 0.25) is 0 Å². The zero-order chi connectivity index (χ0) is 25.5. The summed E-state index contributed by atoms with van der Waals surface area (Å²) in [5.74, 6) is 0.184. The molecular formula is C26H26N6O3S. The van der Waals surface area contributed by atoms with Crippen LogP contribution in [0.25, 0.3) is 10.8 Å². The molecule has 4 rings (SSSR count). The van der Waals surface area contributed by atoms with Crippen molar-refractivity contribution in [3.63, 3.8) is 0 Å². The first-order chi connectivity index (χ1) is 17.5. The van der Waals surface area contributed by atoms with Crippen molar-refractivity contribution in [3.05, 3.63) is 84.7 Å². The number of benzene rings is 3. The Morgan fingerprint density at radius 2 is 1.97 bits per heavy atom. The van der Waals surface area contributed by atoms with Crippen molar-refractivity contribution in [2.75, 3.05) is 5.32 Å². The van der Waals surface area contributed by atoms with Crippen LogP contribution in [-0.2, 0) is 17.9 Å². The van der Waals surface area contributed by atoms with E-state index in [0.29, 0.717) is 23.8 Å². The number of carbonyl (C=O) groups excluding carboxylic acids is 1. The topological polar surface area (TPSA) is 125 Å². The third-order valence-corrected chi connectivity index (χ3v) is 6.46. The molecule has 3 aromatic carbocycles. The molecule has 0 aliphatic carbocycles. The highest BCUT2D eigenvalue weighted by Crippen LogP contribution is 2.26. The van der Waals surface area contributed by atoms with Gasteiger partial charge in [-0.2, -0.15) is 5.10 Å². The number of nitrogens with one attached hydrogen (secondary N) is 2. The lowest BCUT2D eigenvalue weighted by molar-refractivity contribution is -0.120. The van der Waals surface area contributed by atoms with Crippen molar-refractivity contribution in [2.45, 2.75) is 30.4 Å². The summed E-state index contributed by atoms with van der Waals surface area (Å²) < 4.78 is 1.91. The first-order valence-corrected chi connectivity index (χ1v) is 12.1. The van der Waals surface area contributed by atoms with Crippen molar-refractivity contribution in [1.29, 1.82) is 0 Å². The average molecular weight is 503 g/mol. The number of allylic oxidation sites excluding steroid dienone is 1. The minimum Gasteiger partial charge on any atom is -0.508 e. The van der Waals surface area contributed by atoms with Gasteiger partial charge in [0.1, 0.15) is 11.5 Å². The zero-order valence-corrected chi connectivity index (χ0v) is 20.4. The normalized spacial score (nSPS) is 12.0. The molecule has 4 aromatic rings. The molecule has 0 saturated carbocycles. The number of hydrazone groups is 1. The number of hydrogen-bond donors (Lipinski definition) is 4. The Kier molecular flexibility index (Phi) is 7.86. The molecule has 0 spiro atoms. The lowest BCUT2D eigenvalue weighted by atomic mass is 10.1. The van der Waals surface area contributed by atoms with Gasteiger partial charge < -0.3 is 20.1 Å². The molecule has 0 aliphatic heterocycles. The first-order valence-electron chi connectivity index (χ1n) is 11.2. The maximum absolute atomic E-state index is 12.5. The quantitative estimate of drug-likeness (QED) is 0.110. The third-order valence-electron chi connectivity index (χ3n) is 5.38. The van der Waals surface area contributed by atoms with Crippen LogP contribution in [0.5, 0.6) is 11.5 Å². The van der Waals surface area contributed by atoms with Gasteiger partial charge in [-0.3, -0.25) is 4.79 Å². The van der Waals surface area contributed by atoms with Crippen LogP contribution in [0.3, 0.4) is 0 Å². The Morgan fingerprint density at radius 1 is 1.17 bits per heavy atom. The highest BCUT2D eigenvalue weighted by atomic mass is 32.2. The van der Waals surface area contributed by atoms with Gasteiger partial charge in [-0.25, -0.2) is 5.43 Å². The van der Waals surface area contributed by atoms with E-state index in [1.807, 2.05) is 28.8 Å². The molecule has 184 valence electrons. The number of thioether (sulfide) groups is 1. The molecule has 0 bridgehead atoms. The molecule has 1 atom stereocenters. The molecule has 36 heavy (non-hydrogen) atoms. The number of hydrogen-bond acceptors (Lipinski definition) is 8. The molecular weight excluding hydrogens is 476 g/mol. The van der Waals surface area contributed by atoms with E-state index in [9.17, 15) is 15.0 Å². The third kappa shape index (κ3) is 5.84. The van der Waals surface area contributed by atoms with E-state index >= 15 is 0 Å². The summed E-state index contributed by atoms with van der Waals surface area (Å²) in [6, 6.07) is 18.4. The van der Waals surface area contributed by atoms with E-state index < -0.39 is 5.25 Å². The van der Waals surface area contributed by atoms with Crippen LogP contribution in [0.15, 0.2) is 83.6 Å². The number of fused-ring (bicyclic) bond motifs is 1. The fourth-order valence-corrected chi connectivity index (χ4v) is 4.38. The lowest BCUT2D eigenvalue weighted by Gasteiger charge is -2.13. The number of aromatic hydroxyl groups is 2. The fourth-order valence-electron chi connectivity index (χ4n) is 3.51. The molecule has 4 N–H and O–H groups in total. The largest absolute Gasteiger partial charge is 0.508 e. The number of anilines is 1. The van der Waals surface area contributed by atoms with E-state index in [0.717, 1.165) is 22.3 Å². The van der Waals surface area contributed by atoms with Crippen LogP contribution in [0, 0.1) is 0 Å². The summed E-state index contributed by atoms with van der Waals surface area (Å²) in [5.41, 5.74) is 3.83. The molecule has 1 heterocycles. The van der Waals surface area contributed by atoms with Crippen molar-refractivity contribution >= 4 is 40.3 Å². The van der Waals surface area contributed by atoms with Gasteiger partial charge >= 0.3 is 0 Å². The van der Waals surface area contributed by atoms with Crippen LogP contribution in [0.1, 0.15) is 18.3 Å². The zero-order valence-electron chi connectivity index (χ0n) is 19.6. The fraction of sp³-hybridized carbons (Fsp3) is 0.154. The maximum atomic E-state index is 12.5. The van der Waals surface area contributed by atoms with E-state index in [1.54, 1.807) is 13.0 Å². The number of amides is 1. The molecule has 1 amide bonds. The van der Waals surface area contributed by atoms with Gasteiger partial charge in [0.05, 0.1) is 18.0 Å². The second-order valence-electron chi connectivity index (χ2n) is 7.92. The standard InChI is InChI=1S/C26H26N6O3S/c1-3-13-32-24(16-27-22-10-6-8-18-7-4-5-9-21(18)22)29-31-26(32)36-17(2)25(35)30-28-15-19-11-12-20(33)14-23(19)34/h3-12,14-15,17,27,33-34H,1,13,16H2,2H3,(H,30,35)/t17-/m1/s1. The van der Waals surface area contributed by atoms with Gasteiger partial charge in [-0.15, -0.1) is 16.8 Å². The van der Waals surface area contributed by atoms with Gasteiger partial charge in [0, 0.05) is 29.2 Å². The van der Waals surface area contributed by atoms with Gasteiger partial charge in [0.25, 0.3) is 5.91 Å². The molecule has 0 unspecified atom stereocenters. The van der Waals surface area contributed by atoms with E-state index in [1.165, 1.54) is 36.2 Å². The lowest BCUT2D eigenvalue weighted by Crippen LogP contribution is -2.27. The second-order valence-corrected chi connectivity index (χ2v) is 9.22. The maximum Gasteiger partial charge on any atom is 0.253 e. The minimum atomic E-state index is -0.512. The van der Waals surface area contributed by atoms with Gasteiger partial charge in [-0.05, 0) is 30.5 Å². The summed E-state index contributed by atoms with van der Waals surface area (Å²) in [7, 11) is 0. The van der Waals surface area contributed by atoms with Gasteiger partial charge in [0.2, 0.25) is 0 Å². The number of nitrogens with zero attached hydrogens (tertiary/aromatic N) is 4. The summed E-state index contributed by atoms with van der Waals surface area (Å²) in [5, 5.41) is 37.5. The predicted molar refractivity (Wildman–Crippen MR) is 142 cm³/mol. The van der Waals surface area contributed by atoms with Crippen LogP contribution < -0.4 is 10.7 Å². The summed E-state index contributed by atoms with van der Waals surface area (Å²) >= 11 is 1.26. The van der Waals surface area contributed by atoms with Crippen LogP contribution in [-0.4, -0.2) is 42.3 Å². The summed E-state index contributed by atoms with van der Waals surface area (Å²) in [4.78, 5) is 12.5.